The lowest BCUT2D eigenvalue weighted by atomic mass is 10.1. The third-order valence-electron chi connectivity index (χ3n) is 7.03. The molecule has 0 saturated carbocycles. The molecule has 0 spiro atoms. The zero-order valence-electron chi connectivity index (χ0n) is 22.0. The zero-order valence-corrected chi connectivity index (χ0v) is 23.5. The summed E-state index contributed by atoms with van der Waals surface area (Å²) >= 11 is 12.2. The predicted octanol–water partition coefficient (Wildman–Crippen LogP) is 6.15. The lowest BCUT2D eigenvalue weighted by Crippen LogP contribution is -2.57. The Kier molecular flexibility index (Phi) is 10.3. The Morgan fingerprint density at radius 2 is 1.68 bits per heavy atom. The highest BCUT2D eigenvalue weighted by atomic mass is 35.5. The first-order valence-corrected chi connectivity index (χ1v) is 14.3. The maximum atomic E-state index is 12.5. The lowest BCUT2D eigenvalue weighted by molar-refractivity contribution is -0.116. The van der Waals surface area contributed by atoms with Crippen LogP contribution in [-0.2, 0) is 11.2 Å². The van der Waals surface area contributed by atoms with E-state index in [1.54, 1.807) is 12.1 Å². The Bertz CT molecular complexity index is 1060. The summed E-state index contributed by atoms with van der Waals surface area (Å²) in [6, 6.07) is 14.1. The van der Waals surface area contributed by atoms with Gasteiger partial charge in [-0.2, -0.15) is 0 Å². The van der Waals surface area contributed by atoms with Crippen molar-refractivity contribution < 1.29 is 4.79 Å². The van der Waals surface area contributed by atoms with Crippen molar-refractivity contribution in [1.29, 1.82) is 0 Å². The molecule has 4 rings (SSSR count). The van der Waals surface area contributed by atoms with Gasteiger partial charge in [-0.05, 0) is 88.2 Å². The fraction of sp³-hybridized carbons (Fsp3) is 0.517. The summed E-state index contributed by atoms with van der Waals surface area (Å²) in [5.41, 5.74) is 2.60. The van der Waals surface area contributed by atoms with Crippen LogP contribution in [0, 0.1) is 0 Å². The minimum absolute atomic E-state index is 0.0482. The van der Waals surface area contributed by atoms with Gasteiger partial charge in [0.25, 0.3) is 0 Å². The smallest absolute Gasteiger partial charge is 0.224 e. The fourth-order valence-electron chi connectivity index (χ4n) is 5.20. The molecule has 8 heteroatoms. The topological polar surface area (TPSA) is 60.0 Å². The second kappa shape index (κ2) is 13.6. The number of aryl methyl sites for hydroxylation is 1. The normalized spacial score (nSPS) is 21.5. The minimum Gasteiger partial charge on any atom is -0.356 e. The number of halogens is 2. The Morgan fingerprint density at radius 1 is 1.00 bits per heavy atom. The van der Waals surface area contributed by atoms with E-state index in [2.05, 4.69) is 34.3 Å². The Hall–Kier alpha value is -2.12. The number of nitrogens with zero attached hydrogens (tertiary/aromatic N) is 3. The van der Waals surface area contributed by atoms with E-state index < -0.39 is 0 Å². The van der Waals surface area contributed by atoms with E-state index in [-0.39, 0.29) is 5.91 Å². The van der Waals surface area contributed by atoms with Crippen LogP contribution < -0.4 is 10.6 Å². The summed E-state index contributed by atoms with van der Waals surface area (Å²) in [6.45, 7) is 9.57. The largest absolute Gasteiger partial charge is 0.356 e. The van der Waals surface area contributed by atoms with Crippen molar-refractivity contribution >= 4 is 46.3 Å². The molecule has 2 atom stereocenters. The van der Waals surface area contributed by atoms with E-state index in [4.69, 9.17) is 28.2 Å². The van der Waals surface area contributed by atoms with Crippen molar-refractivity contribution in [1.82, 2.24) is 15.1 Å². The predicted molar refractivity (Wildman–Crippen MR) is 155 cm³/mol. The third-order valence-corrected chi connectivity index (χ3v) is 7.62. The highest BCUT2D eigenvalue weighted by Gasteiger charge is 2.25. The van der Waals surface area contributed by atoms with Gasteiger partial charge in [-0.25, -0.2) is 4.99 Å². The molecule has 37 heavy (non-hydrogen) atoms. The number of benzene rings is 2. The Morgan fingerprint density at radius 3 is 2.32 bits per heavy atom. The molecule has 2 saturated heterocycles. The van der Waals surface area contributed by atoms with Gasteiger partial charge < -0.3 is 15.5 Å². The number of amidine groups is 1. The van der Waals surface area contributed by atoms with E-state index in [9.17, 15) is 4.79 Å². The molecular formula is C29H39Cl2N5O. The van der Waals surface area contributed by atoms with E-state index >= 15 is 0 Å². The van der Waals surface area contributed by atoms with Gasteiger partial charge in [0.2, 0.25) is 5.91 Å². The summed E-state index contributed by atoms with van der Waals surface area (Å²) in [4.78, 5) is 22.7. The van der Waals surface area contributed by atoms with E-state index in [0.717, 1.165) is 55.5 Å². The summed E-state index contributed by atoms with van der Waals surface area (Å²) in [5.74, 6) is 1.09. The first-order valence-electron chi connectivity index (χ1n) is 13.5. The maximum absolute atomic E-state index is 12.5. The van der Waals surface area contributed by atoms with Crippen LogP contribution >= 0.6 is 23.2 Å². The molecule has 0 aromatic heterocycles. The van der Waals surface area contributed by atoms with Crippen molar-refractivity contribution in [2.24, 2.45) is 4.99 Å². The molecule has 2 aliphatic rings. The van der Waals surface area contributed by atoms with Gasteiger partial charge in [-0.15, -0.1) is 0 Å². The Labute approximate surface area is 231 Å². The maximum Gasteiger partial charge on any atom is 0.224 e. The van der Waals surface area contributed by atoms with Crippen LogP contribution in [0.3, 0.4) is 0 Å². The molecule has 0 unspecified atom stereocenters. The first kappa shape index (κ1) is 27.9. The van der Waals surface area contributed by atoms with Crippen LogP contribution in [0.1, 0.15) is 51.5 Å². The summed E-state index contributed by atoms with van der Waals surface area (Å²) in [5, 5.41) is 7.80. The minimum atomic E-state index is -0.0482. The van der Waals surface area contributed by atoms with Crippen molar-refractivity contribution in [2.75, 3.05) is 38.0 Å². The van der Waals surface area contributed by atoms with Crippen molar-refractivity contribution in [3.8, 4) is 0 Å². The van der Waals surface area contributed by atoms with Crippen LogP contribution in [-0.4, -0.2) is 66.4 Å². The number of piperazine rings is 1. The monoisotopic (exact) mass is 543 g/mol. The molecule has 0 bridgehead atoms. The van der Waals surface area contributed by atoms with Gasteiger partial charge in [0.15, 0.2) is 0 Å². The van der Waals surface area contributed by atoms with E-state index in [1.165, 1.54) is 25.7 Å². The molecule has 2 aliphatic heterocycles. The molecular weight excluding hydrogens is 505 g/mol. The van der Waals surface area contributed by atoms with Crippen molar-refractivity contribution in [3.63, 3.8) is 0 Å². The molecule has 2 heterocycles. The van der Waals surface area contributed by atoms with Crippen LogP contribution in [0.4, 0.5) is 11.4 Å². The number of nitrogens with one attached hydrogen (secondary N) is 2. The van der Waals surface area contributed by atoms with Crippen LogP contribution in [0.2, 0.25) is 10.0 Å². The van der Waals surface area contributed by atoms with Crippen LogP contribution in [0.15, 0.2) is 47.5 Å². The highest BCUT2D eigenvalue weighted by molar-refractivity contribution is 6.35. The zero-order chi connectivity index (χ0) is 26.2. The van der Waals surface area contributed by atoms with Crippen LogP contribution in [0.5, 0.6) is 0 Å². The number of anilines is 1. The molecule has 6 nitrogen and oxygen atoms in total. The molecule has 0 radical (unpaired) electrons. The van der Waals surface area contributed by atoms with Crippen LogP contribution in [0.25, 0.3) is 0 Å². The SMILES string of the molecule is C[C@@H]1CN(C(CN2CCCCCC2)=Nc2ccc(NC(=O)CCc3ccc(Cl)cc3Cl)cc2)C[C@H](C)N1. The van der Waals surface area contributed by atoms with E-state index in [0.29, 0.717) is 35.0 Å². The highest BCUT2D eigenvalue weighted by Crippen LogP contribution is 2.23. The third kappa shape index (κ3) is 8.71. The van der Waals surface area contributed by atoms with Gasteiger partial charge in [0.1, 0.15) is 5.84 Å². The summed E-state index contributed by atoms with van der Waals surface area (Å²) in [7, 11) is 0. The quantitative estimate of drug-likeness (QED) is 0.324. The average molecular weight is 545 g/mol. The number of carbonyl (C=O) groups excluding carboxylic acids is 1. The number of aliphatic imine (C=N–C) groups is 1. The standard InChI is InChI=1S/C29H39Cl2N5O/c1-21-18-36(19-22(2)32-21)28(20-35-15-5-3-4-6-16-35)33-25-10-12-26(13-11-25)34-29(37)14-8-23-7-9-24(30)17-27(23)31/h7,9-13,17,21-22,32H,3-6,8,14-16,18-20H2,1-2H3,(H,34,37)/t21-,22+. The number of likely N-dealkylation sites (tertiary alicyclic amines) is 1. The molecule has 200 valence electrons. The van der Waals surface area contributed by atoms with Gasteiger partial charge in [0.05, 0.1) is 12.2 Å². The second-order valence-electron chi connectivity index (χ2n) is 10.4. The molecule has 2 N–H and O–H groups in total. The number of hydrogen-bond donors (Lipinski definition) is 2. The van der Waals surface area contributed by atoms with Crippen molar-refractivity contribution in [2.45, 2.75) is 64.5 Å². The number of amides is 1. The molecule has 1 amide bonds. The van der Waals surface area contributed by atoms with Crippen molar-refractivity contribution in [3.05, 3.63) is 58.1 Å². The van der Waals surface area contributed by atoms with Gasteiger partial charge in [-0.1, -0.05) is 42.1 Å². The van der Waals surface area contributed by atoms with Gasteiger partial charge in [-0.3, -0.25) is 9.69 Å². The van der Waals surface area contributed by atoms with E-state index in [1.807, 2.05) is 30.3 Å². The summed E-state index contributed by atoms with van der Waals surface area (Å²) in [6.07, 6.45) is 6.09. The lowest BCUT2D eigenvalue weighted by Gasteiger charge is -2.39. The van der Waals surface area contributed by atoms with Gasteiger partial charge in [0, 0.05) is 47.3 Å². The van der Waals surface area contributed by atoms with Gasteiger partial charge >= 0.3 is 0 Å². The molecule has 2 fully saturated rings. The Balaban J connectivity index is 1.40. The number of rotatable bonds is 7. The first-order chi connectivity index (χ1) is 17.9. The molecule has 2 aromatic carbocycles. The average Bonchev–Trinajstić information content (AvgIpc) is 3.12. The molecule has 0 aliphatic carbocycles. The fourth-order valence-corrected chi connectivity index (χ4v) is 5.71. The summed E-state index contributed by atoms with van der Waals surface area (Å²) < 4.78 is 0. The molecule has 2 aromatic rings. The second-order valence-corrected chi connectivity index (χ2v) is 11.3. The number of carbonyl (C=O) groups is 1. The number of hydrogen-bond acceptors (Lipinski definition) is 4.